The van der Waals surface area contributed by atoms with Crippen LogP contribution in [0.4, 0.5) is 0 Å². The van der Waals surface area contributed by atoms with Gasteiger partial charge in [-0.2, -0.15) is 4.31 Å². The van der Waals surface area contributed by atoms with Crippen LogP contribution >= 0.6 is 0 Å². The number of nitrogens with zero attached hydrogens (tertiary/aromatic N) is 2. The van der Waals surface area contributed by atoms with Gasteiger partial charge in [0.1, 0.15) is 5.82 Å². The van der Waals surface area contributed by atoms with E-state index in [2.05, 4.69) is 23.8 Å². The van der Waals surface area contributed by atoms with Crippen LogP contribution in [0.5, 0.6) is 0 Å². The summed E-state index contributed by atoms with van der Waals surface area (Å²) in [5, 5.41) is 0.161. The van der Waals surface area contributed by atoms with Crippen LogP contribution in [0.2, 0.25) is 0 Å². The van der Waals surface area contributed by atoms with Crippen molar-refractivity contribution in [1.82, 2.24) is 14.3 Å². The van der Waals surface area contributed by atoms with Crippen molar-refractivity contribution in [2.24, 2.45) is 5.41 Å². The van der Waals surface area contributed by atoms with Crippen LogP contribution in [0.3, 0.4) is 0 Å². The molecule has 2 rings (SSSR count). The Bertz CT molecular complexity index is 622. The lowest BCUT2D eigenvalue weighted by Gasteiger charge is -2.54. The van der Waals surface area contributed by atoms with Gasteiger partial charge in [-0.1, -0.05) is 27.7 Å². The van der Waals surface area contributed by atoms with Gasteiger partial charge >= 0.3 is 0 Å². The van der Waals surface area contributed by atoms with E-state index < -0.39 is 10.0 Å². The third kappa shape index (κ3) is 2.81. The molecule has 2 atom stereocenters. The van der Waals surface area contributed by atoms with Crippen molar-refractivity contribution >= 4 is 10.0 Å². The molecule has 0 aliphatic heterocycles. The summed E-state index contributed by atoms with van der Waals surface area (Å²) in [4.78, 5) is 7.09. The van der Waals surface area contributed by atoms with E-state index in [0.29, 0.717) is 12.4 Å². The van der Waals surface area contributed by atoms with Gasteiger partial charge in [-0.05, 0) is 13.3 Å². The molecule has 0 spiro atoms. The lowest BCUT2D eigenvalue weighted by atomic mass is 9.64. The average Bonchev–Trinajstić information content (AvgIpc) is 2.93. The van der Waals surface area contributed by atoms with E-state index in [-0.39, 0.29) is 28.5 Å². The number of aromatic amines is 1. The van der Waals surface area contributed by atoms with Crippen molar-refractivity contribution in [3.63, 3.8) is 0 Å². The van der Waals surface area contributed by atoms with E-state index in [1.807, 2.05) is 20.8 Å². The van der Waals surface area contributed by atoms with Crippen LogP contribution in [0.15, 0.2) is 11.2 Å². The molecule has 0 amide bonds. The van der Waals surface area contributed by atoms with E-state index >= 15 is 0 Å². The molecule has 1 aromatic rings. The number of sulfonamides is 1. The van der Waals surface area contributed by atoms with Gasteiger partial charge in [0.15, 0.2) is 5.03 Å². The van der Waals surface area contributed by atoms with Crippen LogP contribution in [0.1, 0.15) is 52.8 Å². The summed E-state index contributed by atoms with van der Waals surface area (Å²) in [7, 11) is -1.92. The standard InChI is InChI=1S/C15H27N3O3S/c1-7-21-12-8-11(15(12,4)5)18(6)22(19,20)13-9-16-14(17-13)10(2)3/h9-12H,7-8H2,1-6H3,(H,16,17). The summed E-state index contributed by atoms with van der Waals surface area (Å²) in [6.45, 7) is 10.7. The molecule has 1 aromatic heterocycles. The molecule has 0 saturated heterocycles. The highest BCUT2D eigenvalue weighted by atomic mass is 32.2. The Morgan fingerprint density at radius 1 is 1.50 bits per heavy atom. The zero-order valence-electron chi connectivity index (χ0n) is 14.3. The van der Waals surface area contributed by atoms with E-state index in [4.69, 9.17) is 4.74 Å². The second-order valence-corrected chi connectivity index (χ2v) is 8.79. The first-order chi connectivity index (χ1) is 10.1. The van der Waals surface area contributed by atoms with Gasteiger partial charge in [0, 0.05) is 31.0 Å². The normalized spacial score (nSPS) is 24.7. The maximum Gasteiger partial charge on any atom is 0.260 e. The molecule has 22 heavy (non-hydrogen) atoms. The van der Waals surface area contributed by atoms with E-state index in [0.717, 1.165) is 6.42 Å². The minimum absolute atomic E-state index is 0.0696. The van der Waals surface area contributed by atoms with Gasteiger partial charge in [0.2, 0.25) is 0 Å². The number of imidazole rings is 1. The summed E-state index contributed by atoms with van der Waals surface area (Å²) in [6, 6.07) is -0.0696. The van der Waals surface area contributed by atoms with Gasteiger partial charge in [0.25, 0.3) is 10.0 Å². The number of hydrogen-bond donors (Lipinski definition) is 1. The summed E-state index contributed by atoms with van der Waals surface area (Å²) in [5.41, 5.74) is -0.196. The van der Waals surface area contributed by atoms with Crippen molar-refractivity contribution in [2.45, 2.75) is 64.1 Å². The molecule has 2 unspecified atom stereocenters. The smallest absolute Gasteiger partial charge is 0.260 e. The van der Waals surface area contributed by atoms with Gasteiger partial charge in [-0.15, -0.1) is 0 Å². The Kier molecular flexibility index (Phi) is 4.71. The molecule has 1 aliphatic carbocycles. The molecule has 1 aliphatic rings. The fourth-order valence-electron chi connectivity index (χ4n) is 3.03. The number of nitrogens with one attached hydrogen (secondary N) is 1. The first-order valence-electron chi connectivity index (χ1n) is 7.76. The quantitative estimate of drug-likeness (QED) is 0.869. The lowest BCUT2D eigenvalue weighted by molar-refractivity contribution is -0.129. The summed E-state index contributed by atoms with van der Waals surface area (Å²) in [5.74, 6) is 0.851. The molecule has 7 heteroatoms. The molecule has 6 nitrogen and oxygen atoms in total. The highest BCUT2D eigenvalue weighted by Gasteiger charge is 2.53. The predicted molar refractivity (Wildman–Crippen MR) is 85.2 cm³/mol. The number of ether oxygens (including phenoxy) is 1. The Morgan fingerprint density at radius 3 is 2.59 bits per heavy atom. The molecular formula is C15H27N3O3S. The number of H-pyrrole nitrogens is 1. The number of aromatic nitrogens is 2. The van der Waals surface area contributed by atoms with Gasteiger partial charge in [-0.25, -0.2) is 13.4 Å². The molecule has 1 saturated carbocycles. The third-order valence-corrected chi connectivity index (χ3v) is 6.48. The maximum atomic E-state index is 12.8. The first-order valence-corrected chi connectivity index (χ1v) is 9.20. The second-order valence-electron chi connectivity index (χ2n) is 6.83. The van der Waals surface area contributed by atoms with Crippen molar-refractivity contribution in [2.75, 3.05) is 13.7 Å². The minimum atomic E-state index is -3.56. The molecule has 1 N–H and O–H groups in total. The van der Waals surface area contributed by atoms with E-state index in [1.165, 1.54) is 10.5 Å². The van der Waals surface area contributed by atoms with Crippen LogP contribution in [-0.2, 0) is 14.8 Å². The Labute approximate surface area is 133 Å². The Morgan fingerprint density at radius 2 is 2.14 bits per heavy atom. The zero-order valence-corrected chi connectivity index (χ0v) is 15.1. The highest BCUT2D eigenvalue weighted by Crippen LogP contribution is 2.46. The van der Waals surface area contributed by atoms with Crippen molar-refractivity contribution in [1.29, 1.82) is 0 Å². The van der Waals surface area contributed by atoms with Crippen molar-refractivity contribution in [3.8, 4) is 0 Å². The third-order valence-electron chi connectivity index (χ3n) is 4.71. The summed E-state index contributed by atoms with van der Waals surface area (Å²) < 4.78 is 32.7. The fraction of sp³-hybridized carbons (Fsp3) is 0.800. The molecule has 1 heterocycles. The molecule has 0 aromatic carbocycles. The van der Waals surface area contributed by atoms with Gasteiger partial charge < -0.3 is 9.72 Å². The molecule has 1 fully saturated rings. The van der Waals surface area contributed by atoms with E-state index in [1.54, 1.807) is 7.05 Å². The molecule has 0 bridgehead atoms. The van der Waals surface area contributed by atoms with Crippen LogP contribution in [0, 0.1) is 5.41 Å². The summed E-state index contributed by atoms with van der Waals surface area (Å²) >= 11 is 0. The van der Waals surface area contributed by atoms with Crippen molar-refractivity contribution in [3.05, 3.63) is 12.0 Å². The highest BCUT2D eigenvalue weighted by molar-refractivity contribution is 7.89. The SMILES string of the molecule is CCOC1CC(N(C)S(=O)(=O)c2cnc(C(C)C)[nH]2)C1(C)C. The van der Waals surface area contributed by atoms with Crippen LogP contribution in [0.25, 0.3) is 0 Å². The second kappa shape index (κ2) is 5.94. The van der Waals surface area contributed by atoms with Gasteiger partial charge in [-0.3, -0.25) is 0 Å². The van der Waals surface area contributed by atoms with Crippen LogP contribution < -0.4 is 0 Å². The average molecular weight is 329 g/mol. The molecule has 126 valence electrons. The summed E-state index contributed by atoms with van der Waals surface area (Å²) in [6.07, 6.45) is 2.24. The maximum absolute atomic E-state index is 12.8. The minimum Gasteiger partial charge on any atom is -0.378 e. The molecular weight excluding hydrogens is 302 g/mol. The lowest BCUT2D eigenvalue weighted by Crippen LogP contribution is -2.62. The van der Waals surface area contributed by atoms with E-state index in [9.17, 15) is 8.42 Å². The molecule has 0 radical (unpaired) electrons. The monoisotopic (exact) mass is 329 g/mol. The first kappa shape index (κ1) is 17.4. The zero-order chi connectivity index (χ0) is 16.7. The number of hydrogen-bond acceptors (Lipinski definition) is 4. The van der Waals surface area contributed by atoms with Crippen molar-refractivity contribution < 1.29 is 13.2 Å². The Hall–Kier alpha value is -0.920. The largest absolute Gasteiger partial charge is 0.378 e. The fourth-order valence-corrected chi connectivity index (χ4v) is 4.45. The Balaban J connectivity index is 2.19. The van der Waals surface area contributed by atoms with Gasteiger partial charge in [0.05, 0.1) is 12.3 Å². The number of rotatable bonds is 6. The topological polar surface area (TPSA) is 75.3 Å². The van der Waals surface area contributed by atoms with Crippen LogP contribution in [-0.4, -0.2) is 48.5 Å². The predicted octanol–water partition coefficient (Wildman–Crippen LogP) is 2.36.